The van der Waals surface area contributed by atoms with Crippen molar-refractivity contribution in [1.82, 2.24) is 10.3 Å². The molecule has 0 aromatic carbocycles. The lowest BCUT2D eigenvalue weighted by molar-refractivity contribution is -0.125. The molecule has 0 aliphatic heterocycles. The summed E-state index contributed by atoms with van der Waals surface area (Å²) in [4.78, 5) is 16.3. The number of nitrogens with one attached hydrogen (secondary N) is 1. The molecule has 0 bridgehead atoms. The van der Waals surface area contributed by atoms with E-state index in [1.54, 1.807) is 24.9 Å². The van der Waals surface area contributed by atoms with Crippen LogP contribution in [0.15, 0.2) is 53.6 Å². The van der Waals surface area contributed by atoms with Crippen molar-refractivity contribution in [1.29, 1.82) is 0 Å². The Morgan fingerprint density at radius 3 is 3.05 bits per heavy atom. The maximum atomic E-state index is 12.1. The Bertz CT molecular complexity index is 632. The van der Waals surface area contributed by atoms with Crippen molar-refractivity contribution in [2.45, 2.75) is 25.8 Å². The minimum atomic E-state index is 0.111. The molecule has 2 heterocycles. The van der Waals surface area contributed by atoms with E-state index in [4.69, 9.17) is 4.42 Å². The number of furan rings is 1. The fourth-order valence-electron chi connectivity index (χ4n) is 2.54. The molecular weight excluding hydrogens is 264 g/mol. The maximum absolute atomic E-state index is 12.1. The molecule has 1 atom stereocenters. The number of nitrogens with zero attached hydrogens (tertiary/aromatic N) is 1. The van der Waals surface area contributed by atoms with E-state index < -0.39 is 0 Å². The van der Waals surface area contributed by atoms with Gasteiger partial charge < -0.3 is 9.73 Å². The summed E-state index contributed by atoms with van der Waals surface area (Å²) in [6, 6.07) is 3.92. The van der Waals surface area contributed by atoms with E-state index in [0.717, 1.165) is 36.0 Å². The van der Waals surface area contributed by atoms with Crippen LogP contribution in [0.3, 0.4) is 0 Å². The highest BCUT2D eigenvalue weighted by molar-refractivity contribution is 5.79. The third-order valence-electron chi connectivity index (χ3n) is 3.76. The molecule has 1 amide bonds. The number of pyridine rings is 1. The molecule has 1 aliphatic rings. The fourth-order valence-corrected chi connectivity index (χ4v) is 2.54. The van der Waals surface area contributed by atoms with Crippen molar-refractivity contribution in [2.75, 3.05) is 0 Å². The Labute approximate surface area is 123 Å². The van der Waals surface area contributed by atoms with Crippen molar-refractivity contribution in [3.63, 3.8) is 0 Å². The van der Waals surface area contributed by atoms with Gasteiger partial charge in [0.2, 0.25) is 5.91 Å². The van der Waals surface area contributed by atoms with Gasteiger partial charge in [0.15, 0.2) is 0 Å². The van der Waals surface area contributed by atoms with Gasteiger partial charge in [-0.3, -0.25) is 9.78 Å². The van der Waals surface area contributed by atoms with Gasteiger partial charge in [-0.15, -0.1) is 0 Å². The SMILES string of the molecule is O=C(NCc1cncc(-c2ccoc2)c1)C1CC=CCC1. The average Bonchev–Trinajstić information content (AvgIpc) is 3.08. The van der Waals surface area contributed by atoms with Crippen molar-refractivity contribution in [2.24, 2.45) is 5.92 Å². The number of carbonyl (C=O) groups excluding carboxylic acids is 1. The molecule has 1 unspecified atom stereocenters. The summed E-state index contributed by atoms with van der Waals surface area (Å²) in [6.07, 6.45) is 13.9. The van der Waals surface area contributed by atoms with Crippen LogP contribution in [0.5, 0.6) is 0 Å². The molecule has 0 spiro atoms. The number of hydrogen-bond acceptors (Lipinski definition) is 3. The lowest BCUT2D eigenvalue weighted by Crippen LogP contribution is -2.30. The molecule has 0 radical (unpaired) electrons. The summed E-state index contributed by atoms with van der Waals surface area (Å²) in [5.41, 5.74) is 2.98. The van der Waals surface area contributed by atoms with Gasteiger partial charge in [-0.1, -0.05) is 12.2 Å². The standard InChI is InChI=1S/C17H18N2O2/c20-17(14-4-2-1-3-5-14)19-10-13-8-16(11-18-9-13)15-6-7-21-12-15/h1-2,6-9,11-12,14H,3-5,10H2,(H,19,20). The predicted octanol–water partition coefficient (Wildman–Crippen LogP) is 3.31. The van der Waals surface area contributed by atoms with Crippen LogP contribution in [0.4, 0.5) is 0 Å². The molecule has 1 N–H and O–H groups in total. The molecular formula is C17H18N2O2. The van der Waals surface area contributed by atoms with E-state index in [9.17, 15) is 4.79 Å². The number of aromatic nitrogens is 1. The van der Waals surface area contributed by atoms with Crippen LogP contribution >= 0.6 is 0 Å². The second-order valence-electron chi connectivity index (χ2n) is 5.29. The first kappa shape index (κ1) is 13.6. The number of hydrogen-bond donors (Lipinski definition) is 1. The minimum Gasteiger partial charge on any atom is -0.472 e. The zero-order chi connectivity index (χ0) is 14.5. The largest absolute Gasteiger partial charge is 0.472 e. The van der Waals surface area contributed by atoms with Gasteiger partial charge in [-0.2, -0.15) is 0 Å². The smallest absolute Gasteiger partial charge is 0.223 e. The van der Waals surface area contributed by atoms with Crippen LogP contribution in [0.2, 0.25) is 0 Å². The molecule has 4 heteroatoms. The van der Waals surface area contributed by atoms with E-state index in [-0.39, 0.29) is 11.8 Å². The highest BCUT2D eigenvalue weighted by atomic mass is 16.3. The van der Waals surface area contributed by atoms with Gasteiger partial charge in [-0.05, 0) is 37.0 Å². The number of allylic oxidation sites excluding steroid dienone is 2. The van der Waals surface area contributed by atoms with Gasteiger partial charge in [0, 0.05) is 36.0 Å². The highest BCUT2D eigenvalue weighted by Gasteiger charge is 2.18. The van der Waals surface area contributed by atoms with E-state index in [1.807, 2.05) is 12.1 Å². The maximum Gasteiger partial charge on any atom is 0.223 e. The van der Waals surface area contributed by atoms with E-state index in [2.05, 4.69) is 22.5 Å². The quantitative estimate of drug-likeness (QED) is 0.875. The topological polar surface area (TPSA) is 55.1 Å². The third-order valence-corrected chi connectivity index (χ3v) is 3.76. The minimum absolute atomic E-state index is 0.111. The van der Waals surface area contributed by atoms with Gasteiger partial charge in [0.25, 0.3) is 0 Å². The van der Waals surface area contributed by atoms with Crippen LogP contribution < -0.4 is 5.32 Å². The van der Waals surface area contributed by atoms with Gasteiger partial charge in [0.1, 0.15) is 0 Å². The van der Waals surface area contributed by atoms with E-state index >= 15 is 0 Å². The Balaban J connectivity index is 1.61. The number of amides is 1. The van der Waals surface area contributed by atoms with Crippen LogP contribution in [0.25, 0.3) is 11.1 Å². The first-order valence-corrected chi connectivity index (χ1v) is 7.22. The summed E-state index contributed by atoms with van der Waals surface area (Å²) < 4.78 is 5.08. The van der Waals surface area contributed by atoms with Gasteiger partial charge >= 0.3 is 0 Å². The zero-order valence-electron chi connectivity index (χ0n) is 11.8. The Kier molecular flexibility index (Phi) is 4.15. The number of carbonyl (C=O) groups is 1. The van der Waals surface area contributed by atoms with E-state index in [0.29, 0.717) is 6.54 Å². The molecule has 21 heavy (non-hydrogen) atoms. The van der Waals surface area contributed by atoms with Crippen molar-refractivity contribution >= 4 is 5.91 Å². The lowest BCUT2D eigenvalue weighted by Gasteiger charge is -2.17. The molecule has 1 aliphatic carbocycles. The van der Waals surface area contributed by atoms with E-state index in [1.165, 1.54) is 0 Å². The highest BCUT2D eigenvalue weighted by Crippen LogP contribution is 2.20. The molecule has 4 nitrogen and oxygen atoms in total. The first-order valence-electron chi connectivity index (χ1n) is 7.22. The van der Waals surface area contributed by atoms with Crippen LogP contribution in [-0.2, 0) is 11.3 Å². The fraction of sp³-hybridized carbons (Fsp3) is 0.294. The summed E-state index contributed by atoms with van der Waals surface area (Å²) in [5, 5.41) is 3.00. The van der Waals surface area contributed by atoms with Crippen LogP contribution in [0, 0.1) is 5.92 Å². The molecule has 0 fully saturated rings. The van der Waals surface area contributed by atoms with Gasteiger partial charge in [-0.25, -0.2) is 0 Å². The summed E-state index contributed by atoms with van der Waals surface area (Å²) in [7, 11) is 0. The van der Waals surface area contributed by atoms with Crippen molar-refractivity contribution < 1.29 is 9.21 Å². The Morgan fingerprint density at radius 1 is 1.33 bits per heavy atom. The lowest BCUT2D eigenvalue weighted by atomic mass is 9.93. The third kappa shape index (κ3) is 3.40. The second-order valence-corrected chi connectivity index (χ2v) is 5.29. The molecule has 108 valence electrons. The second kappa shape index (κ2) is 6.39. The van der Waals surface area contributed by atoms with Crippen LogP contribution in [-0.4, -0.2) is 10.9 Å². The molecule has 0 saturated heterocycles. The molecule has 2 aromatic rings. The summed E-state index contributed by atoms with van der Waals surface area (Å²) >= 11 is 0. The zero-order valence-corrected chi connectivity index (χ0v) is 11.8. The summed E-state index contributed by atoms with van der Waals surface area (Å²) in [5.74, 6) is 0.244. The molecule has 0 saturated carbocycles. The number of rotatable bonds is 4. The van der Waals surface area contributed by atoms with Crippen LogP contribution in [0.1, 0.15) is 24.8 Å². The monoisotopic (exact) mass is 282 g/mol. The van der Waals surface area contributed by atoms with Gasteiger partial charge in [0.05, 0.1) is 12.5 Å². The predicted molar refractivity (Wildman–Crippen MR) is 80.3 cm³/mol. The van der Waals surface area contributed by atoms with Crippen molar-refractivity contribution in [3.8, 4) is 11.1 Å². The Hall–Kier alpha value is -2.36. The normalized spacial score (nSPS) is 17.6. The summed E-state index contributed by atoms with van der Waals surface area (Å²) in [6.45, 7) is 0.512. The molecule has 2 aromatic heterocycles. The Morgan fingerprint density at radius 2 is 2.29 bits per heavy atom. The van der Waals surface area contributed by atoms with Crippen molar-refractivity contribution in [3.05, 3.63) is 54.8 Å². The molecule has 3 rings (SSSR count). The average molecular weight is 282 g/mol. The first-order chi connectivity index (χ1) is 10.3.